The summed E-state index contributed by atoms with van der Waals surface area (Å²) in [5.74, 6) is -1.02. The molecule has 158 valence electrons. The Morgan fingerprint density at radius 3 is 2.39 bits per heavy atom. The van der Waals surface area contributed by atoms with Crippen LogP contribution in [0.2, 0.25) is 5.02 Å². The third kappa shape index (κ3) is 5.80. The lowest BCUT2D eigenvalue weighted by molar-refractivity contribution is -0.384. The van der Waals surface area contributed by atoms with Gasteiger partial charge in [-0.15, -0.1) is 0 Å². The van der Waals surface area contributed by atoms with Crippen LogP contribution in [0.25, 0.3) is 0 Å². The van der Waals surface area contributed by atoms with Crippen molar-refractivity contribution in [3.63, 3.8) is 0 Å². The van der Waals surface area contributed by atoms with Crippen molar-refractivity contribution in [1.29, 1.82) is 0 Å². The highest BCUT2D eigenvalue weighted by molar-refractivity contribution is 6.32. The minimum Gasteiger partial charge on any atom is -0.487 e. The Hall–Kier alpha value is -3.91. The number of ether oxygens (including phenoxy) is 2. The van der Waals surface area contributed by atoms with Gasteiger partial charge in [0.15, 0.2) is 0 Å². The molecule has 0 aliphatic rings. The maximum Gasteiger partial charge on any atom is 0.308 e. The molecule has 0 saturated heterocycles. The molecular formula is C22H17ClN2O6. The number of carbonyl (C=O) groups excluding carboxylic acids is 2. The minimum atomic E-state index is -0.700. The Morgan fingerprint density at radius 1 is 1.03 bits per heavy atom. The molecular weight excluding hydrogens is 424 g/mol. The molecule has 0 aromatic heterocycles. The van der Waals surface area contributed by atoms with Gasteiger partial charge in [-0.05, 0) is 29.8 Å². The normalized spacial score (nSPS) is 10.3. The number of anilines is 1. The predicted molar refractivity (Wildman–Crippen MR) is 115 cm³/mol. The average molecular weight is 441 g/mol. The third-order valence-electron chi connectivity index (χ3n) is 4.10. The zero-order valence-corrected chi connectivity index (χ0v) is 17.1. The van der Waals surface area contributed by atoms with Gasteiger partial charge in [0, 0.05) is 24.7 Å². The van der Waals surface area contributed by atoms with E-state index in [1.54, 1.807) is 12.1 Å². The highest BCUT2D eigenvalue weighted by Crippen LogP contribution is 2.30. The zero-order valence-electron chi connectivity index (χ0n) is 16.3. The molecule has 3 rings (SSSR count). The quantitative estimate of drug-likeness (QED) is 0.239. The number of hydrogen-bond donors (Lipinski definition) is 1. The first kappa shape index (κ1) is 21.8. The summed E-state index contributed by atoms with van der Waals surface area (Å²) in [5.41, 5.74) is 0.829. The lowest BCUT2D eigenvalue weighted by atomic mass is 10.1. The van der Waals surface area contributed by atoms with Gasteiger partial charge in [-0.1, -0.05) is 41.9 Å². The van der Waals surface area contributed by atoms with E-state index in [0.29, 0.717) is 18.0 Å². The third-order valence-corrected chi connectivity index (χ3v) is 4.39. The summed E-state index contributed by atoms with van der Waals surface area (Å²) in [6.07, 6.45) is 0. The molecule has 3 aromatic carbocycles. The van der Waals surface area contributed by atoms with Gasteiger partial charge in [0.2, 0.25) is 0 Å². The number of rotatable bonds is 7. The fourth-order valence-electron chi connectivity index (χ4n) is 2.68. The molecule has 9 heteroatoms. The second-order valence-corrected chi connectivity index (χ2v) is 6.81. The SMILES string of the molecule is CC(=O)Oc1ccc([N+](=O)[O-])cc1C(=O)Nc1ccc(OCc2ccccc2)c(Cl)c1. The van der Waals surface area contributed by atoms with Crippen LogP contribution in [-0.2, 0) is 11.4 Å². The van der Waals surface area contributed by atoms with Crippen molar-refractivity contribution < 1.29 is 24.0 Å². The summed E-state index contributed by atoms with van der Waals surface area (Å²) < 4.78 is 10.7. The van der Waals surface area contributed by atoms with Crippen molar-refractivity contribution in [2.45, 2.75) is 13.5 Å². The summed E-state index contributed by atoms with van der Waals surface area (Å²) in [5, 5.41) is 13.9. The van der Waals surface area contributed by atoms with Crippen LogP contribution in [0, 0.1) is 10.1 Å². The number of benzene rings is 3. The minimum absolute atomic E-state index is 0.0930. The highest BCUT2D eigenvalue weighted by atomic mass is 35.5. The van der Waals surface area contributed by atoms with Gasteiger partial charge in [0.1, 0.15) is 18.1 Å². The largest absolute Gasteiger partial charge is 0.487 e. The van der Waals surface area contributed by atoms with E-state index in [0.717, 1.165) is 24.6 Å². The van der Waals surface area contributed by atoms with E-state index in [2.05, 4.69) is 5.32 Å². The van der Waals surface area contributed by atoms with Crippen LogP contribution in [0.15, 0.2) is 66.7 Å². The van der Waals surface area contributed by atoms with Gasteiger partial charge in [0.25, 0.3) is 11.6 Å². The van der Waals surface area contributed by atoms with Crippen LogP contribution in [-0.4, -0.2) is 16.8 Å². The maximum atomic E-state index is 12.7. The number of esters is 1. The fourth-order valence-corrected chi connectivity index (χ4v) is 2.92. The lowest BCUT2D eigenvalue weighted by Crippen LogP contribution is -2.15. The molecule has 3 aromatic rings. The van der Waals surface area contributed by atoms with Crippen LogP contribution in [0.3, 0.4) is 0 Å². The molecule has 0 heterocycles. The summed E-state index contributed by atoms with van der Waals surface area (Å²) in [6, 6.07) is 17.6. The van der Waals surface area contributed by atoms with Gasteiger partial charge in [-0.25, -0.2) is 0 Å². The monoisotopic (exact) mass is 440 g/mol. The lowest BCUT2D eigenvalue weighted by Gasteiger charge is -2.12. The molecule has 0 saturated carbocycles. The van der Waals surface area contributed by atoms with Gasteiger partial charge in [-0.3, -0.25) is 19.7 Å². The second kappa shape index (κ2) is 9.73. The summed E-state index contributed by atoms with van der Waals surface area (Å²) in [4.78, 5) is 34.4. The number of amides is 1. The predicted octanol–water partition coefficient (Wildman–Crippen LogP) is 5.00. The molecule has 8 nitrogen and oxygen atoms in total. The Kier molecular flexibility index (Phi) is 6.84. The molecule has 0 fully saturated rings. The Bertz CT molecular complexity index is 1130. The second-order valence-electron chi connectivity index (χ2n) is 6.40. The molecule has 1 N–H and O–H groups in total. The first-order chi connectivity index (χ1) is 14.8. The zero-order chi connectivity index (χ0) is 22.4. The first-order valence-electron chi connectivity index (χ1n) is 9.08. The van der Waals surface area contributed by atoms with Gasteiger partial charge >= 0.3 is 5.97 Å². The molecule has 0 radical (unpaired) electrons. The first-order valence-corrected chi connectivity index (χ1v) is 9.46. The molecule has 0 aliphatic heterocycles. The van der Waals surface area contributed by atoms with E-state index >= 15 is 0 Å². The van der Waals surface area contributed by atoms with Gasteiger partial charge in [0.05, 0.1) is 15.5 Å². The molecule has 31 heavy (non-hydrogen) atoms. The van der Waals surface area contributed by atoms with Gasteiger partial charge < -0.3 is 14.8 Å². The maximum absolute atomic E-state index is 12.7. The van der Waals surface area contributed by atoms with Crippen molar-refractivity contribution in [2.75, 3.05) is 5.32 Å². The Balaban J connectivity index is 1.77. The molecule has 1 amide bonds. The molecule has 0 bridgehead atoms. The van der Waals surface area contributed by atoms with Crippen LogP contribution in [0.4, 0.5) is 11.4 Å². The number of nitrogens with one attached hydrogen (secondary N) is 1. The molecule has 0 aliphatic carbocycles. The van der Waals surface area contributed by atoms with Crippen molar-refractivity contribution in [3.05, 3.63) is 93.0 Å². The number of nitro benzene ring substituents is 1. The topological polar surface area (TPSA) is 108 Å². The van der Waals surface area contributed by atoms with Crippen LogP contribution in [0.1, 0.15) is 22.8 Å². The molecule has 0 unspecified atom stereocenters. The number of halogens is 1. The van der Waals surface area contributed by atoms with Crippen LogP contribution >= 0.6 is 11.6 Å². The van der Waals surface area contributed by atoms with Crippen LogP contribution in [0.5, 0.6) is 11.5 Å². The van der Waals surface area contributed by atoms with E-state index in [-0.39, 0.29) is 22.0 Å². The van der Waals surface area contributed by atoms with Gasteiger partial charge in [-0.2, -0.15) is 0 Å². The van der Waals surface area contributed by atoms with Crippen molar-refractivity contribution >= 4 is 34.9 Å². The number of carbonyl (C=O) groups is 2. The summed E-state index contributed by atoms with van der Waals surface area (Å²) in [6.45, 7) is 1.49. The average Bonchev–Trinajstić information content (AvgIpc) is 2.73. The Labute approximate surface area is 182 Å². The number of nitro groups is 1. The van der Waals surface area contributed by atoms with E-state index < -0.39 is 16.8 Å². The summed E-state index contributed by atoms with van der Waals surface area (Å²) in [7, 11) is 0. The fraction of sp³-hybridized carbons (Fsp3) is 0.0909. The molecule has 0 atom stereocenters. The summed E-state index contributed by atoms with van der Waals surface area (Å²) >= 11 is 6.26. The number of non-ortho nitro benzene ring substituents is 1. The van der Waals surface area contributed by atoms with E-state index in [1.165, 1.54) is 12.1 Å². The molecule has 0 spiro atoms. The smallest absolute Gasteiger partial charge is 0.308 e. The highest BCUT2D eigenvalue weighted by Gasteiger charge is 2.19. The van der Waals surface area contributed by atoms with Crippen LogP contribution < -0.4 is 14.8 Å². The van der Waals surface area contributed by atoms with E-state index in [4.69, 9.17) is 21.1 Å². The van der Waals surface area contributed by atoms with Crippen molar-refractivity contribution in [1.82, 2.24) is 0 Å². The van der Waals surface area contributed by atoms with Crippen molar-refractivity contribution in [2.24, 2.45) is 0 Å². The van der Waals surface area contributed by atoms with Crippen molar-refractivity contribution in [3.8, 4) is 11.5 Å². The number of hydrogen-bond acceptors (Lipinski definition) is 6. The van der Waals surface area contributed by atoms with E-state index in [9.17, 15) is 19.7 Å². The standard InChI is InChI=1S/C22H17ClN2O6/c1-14(26)31-20-10-8-17(25(28)29)12-18(20)22(27)24-16-7-9-21(19(23)11-16)30-13-15-5-3-2-4-6-15/h2-12H,13H2,1H3,(H,24,27). The Morgan fingerprint density at radius 2 is 1.74 bits per heavy atom. The van der Waals surface area contributed by atoms with E-state index in [1.807, 2.05) is 30.3 Å². The number of nitrogens with zero attached hydrogens (tertiary/aromatic N) is 1.